The highest BCUT2D eigenvalue weighted by Gasteiger charge is 2.15. The van der Waals surface area contributed by atoms with Crippen LogP contribution >= 0.6 is 0 Å². The molecule has 1 atom stereocenters. The zero-order chi connectivity index (χ0) is 17.5. The Morgan fingerprint density at radius 1 is 1.08 bits per heavy atom. The number of esters is 1. The van der Waals surface area contributed by atoms with Gasteiger partial charge in [-0.15, -0.1) is 0 Å². The Labute approximate surface area is 141 Å². The van der Waals surface area contributed by atoms with Gasteiger partial charge in [-0.2, -0.15) is 0 Å². The summed E-state index contributed by atoms with van der Waals surface area (Å²) < 4.78 is 10.1. The summed E-state index contributed by atoms with van der Waals surface area (Å²) in [4.78, 5) is 23.7. The third kappa shape index (κ3) is 4.35. The van der Waals surface area contributed by atoms with Crippen molar-refractivity contribution in [3.63, 3.8) is 0 Å². The van der Waals surface area contributed by atoms with Crippen LogP contribution in [0.1, 0.15) is 29.8 Å². The van der Waals surface area contributed by atoms with Crippen molar-refractivity contribution in [2.75, 3.05) is 12.4 Å². The molecule has 0 spiro atoms. The molecule has 2 aromatic rings. The van der Waals surface area contributed by atoms with Crippen molar-refractivity contribution in [3.05, 3.63) is 59.7 Å². The maximum absolute atomic E-state index is 12.3. The van der Waals surface area contributed by atoms with Crippen molar-refractivity contribution in [1.29, 1.82) is 0 Å². The van der Waals surface area contributed by atoms with E-state index in [0.29, 0.717) is 11.3 Å². The molecule has 2 rings (SSSR count). The molecule has 0 aliphatic carbocycles. The highest BCUT2D eigenvalue weighted by atomic mass is 16.6. The van der Waals surface area contributed by atoms with Crippen molar-refractivity contribution in [1.82, 2.24) is 0 Å². The Kier molecular flexibility index (Phi) is 5.95. The molecule has 0 aliphatic heterocycles. The first-order chi connectivity index (χ1) is 11.5. The molecular formula is C19H21NO4. The molecule has 5 nitrogen and oxygen atoms in total. The smallest absolute Gasteiger partial charge is 0.346 e. The van der Waals surface area contributed by atoms with Crippen molar-refractivity contribution < 1.29 is 19.1 Å². The van der Waals surface area contributed by atoms with Gasteiger partial charge in [-0.25, -0.2) is 4.79 Å². The van der Waals surface area contributed by atoms with Crippen LogP contribution in [0.4, 0.5) is 5.69 Å². The molecule has 5 heteroatoms. The predicted octanol–water partition coefficient (Wildman–Crippen LogP) is 3.44. The molecule has 1 amide bonds. The van der Waals surface area contributed by atoms with Crippen LogP contribution in [0.15, 0.2) is 48.5 Å². The standard InChI is InChI=1S/C19H21NO4/c1-4-14-7-5-6-8-17(14)20-18(21)15-9-11-16(12-10-15)24-13(2)19(22)23-3/h5-13H,4H2,1-3H3,(H,20,21)/t13-/m0/s1. The number of carbonyl (C=O) groups excluding carboxylic acids is 2. The highest BCUT2D eigenvalue weighted by Crippen LogP contribution is 2.18. The van der Waals surface area contributed by atoms with Gasteiger partial charge in [0, 0.05) is 11.3 Å². The quantitative estimate of drug-likeness (QED) is 0.826. The molecule has 126 valence electrons. The molecule has 1 N–H and O–H groups in total. The summed E-state index contributed by atoms with van der Waals surface area (Å²) in [5.74, 6) is -0.144. The fraction of sp³-hybridized carbons (Fsp3) is 0.263. The van der Waals surface area contributed by atoms with Crippen LogP contribution < -0.4 is 10.1 Å². The van der Waals surface area contributed by atoms with E-state index in [1.165, 1.54) is 7.11 Å². The van der Waals surface area contributed by atoms with Crippen LogP contribution in [0.5, 0.6) is 5.75 Å². The lowest BCUT2D eigenvalue weighted by Gasteiger charge is -2.13. The van der Waals surface area contributed by atoms with Crippen molar-refractivity contribution in [2.45, 2.75) is 26.4 Å². The van der Waals surface area contributed by atoms with E-state index in [1.54, 1.807) is 31.2 Å². The Hall–Kier alpha value is -2.82. The number of ether oxygens (including phenoxy) is 2. The lowest BCUT2D eigenvalue weighted by Crippen LogP contribution is -2.24. The summed E-state index contributed by atoms with van der Waals surface area (Å²) in [5.41, 5.74) is 2.40. The summed E-state index contributed by atoms with van der Waals surface area (Å²) in [5, 5.41) is 2.91. The average molecular weight is 327 g/mol. The molecule has 0 fully saturated rings. The van der Waals surface area contributed by atoms with Crippen LogP contribution in [0, 0.1) is 0 Å². The van der Waals surface area contributed by atoms with Crippen LogP contribution in [0.25, 0.3) is 0 Å². The van der Waals surface area contributed by atoms with Gasteiger partial charge in [0.1, 0.15) is 5.75 Å². The number of amides is 1. The van der Waals surface area contributed by atoms with Gasteiger partial charge in [-0.1, -0.05) is 25.1 Å². The third-order valence-corrected chi connectivity index (χ3v) is 3.61. The predicted molar refractivity (Wildman–Crippen MR) is 92.3 cm³/mol. The minimum Gasteiger partial charge on any atom is -0.479 e. The average Bonchev–Trinajstić information content (AvgIpc) is 2.61. The summed E-state index contributed by atoms with van der Waals surface area (Å²) >= 11 is 0. The van der Waals surface area contributed by atoms with E-state index in [2.05, 4.69) is 10.1 Å². The summed E-state index contributed by atoms with van der Waals surface area (Å²) in [6.07, 6.45) is 0.139. The number of carbonyl (C=O) groups is 2. The zero-order valence-corrected chi connectivity index (χ0v) is 14.0. The van der Waals surface area contributed by atoms with E-state index in [9.17, 15) is 9.59 Å². The molecule has 0 heterocycles. The van der Waals surface area contributed by atoms with Gasteiger partial charge in [0.15, 0.2) is 6.10 Å². The van der Waals surface area contributed by atoms with Gasteiger partial charge in [0.2, 0.25) is 0 Å². The fourth-order valence-electron chi connectivity index (χ4n) is 2.25. The number of nitrogens with one attached hydrogen (secondary N) is 1. The number of aryl methyl sites for hydroxylation is 1. The summed E-state index contributed by atoms with van der Waals surface area (Å²) in [6.45, 7) is 3.65. The zero-order valence-electron chi connectivity index (χ0n) is 14.0. The first-order valence-electron chi connectivity index (χ1n) is 7.79. The SMILES string of the molecule is CCc1ccccc1NC(=O)c1ccc(O[C@@H](C)C(=O)OC)cc1. The normalized spacial score (nSPS) is 11.5. The van der Waals surface area contributed by atoms with E-state index in [-0.39, 0.29) is 5.91 Å². The number of anilines is 1. The minimum absolute atomic E-state index is 0.191. The second-order valence-corrected chi connectivity index (χ2v) is 5.27. The van der Waals surface area contributed by atoms with Crippen LogP contribution in [-0.2, 0) is 16.0 Å². The van der Waals surface area contributed by atoms with Gasteiger partial charge < -0.3 is 14.8 Å². The first kappa shape index (κ1) is 17.5. The molecule has 0 aliphatic rings. The van der Waals surface area contributed by atoms with Gasteiger partial charge in [-0.05, 0) is 49.2 Å². The topological polar surface area (TPSA) is 64.6 Å². The number of para-hydroxylation sites is 1. The summed E-state index contributed by atoms with van der Waals surface area (Å²) in [7, 11) is 1.31. The van der Waals surface area contributed by atoms with Gasteiger partial charge in [0.05, 0.1) is 7.11 Å². The molecule has 0 saturated heterocycles. The van der Waals surface area contributed by atoms with Gasteiger partial charge >= 0.3 is 5.97 Å². The number of methoxy groups -OCH3 is 1. The molecule has 24 heavy (non-hydrogen) atoms. The Morgan fingerprint density at radius 3 is 2.38 bits per heavy atom. The monoisotopic (exact) mass is 327 g/mol. The maximum Gasteiger partial charge on any atom is 0.346 e. The lowest BCUT2D eigenvalue weighted by atomic mass is 10.1. The second kappa shape index (κ2) is 8.15. The van der Waals surface area contributed by atoms with E-state index in [4.69, 9.17) is 4.74 Å². The molecule has 0 aromatic heterocycles. The van der Waals surface area contributed by atoms with Crippen LogP contribution in [-0.4, -0.2) is 25.1 Å². The van der Waals surface area contributed by atoms with Gasteiger partial charge in [-0.3, -0.25) is 4.79 Å². The van der Waals surface area contributed by atoms with E-state index < -0.39 is 12.1 Å². The van der Waals surface area contributed by atoms with E-state index >= 15 is 0 Å². The van der Waals surface area contributed by atoms with Crippen molar-refractivity contribution in [3.8, 4) is 5.75 Å². The number of rotatable bonds is 6. The second-order valence-electron chi connectivity index (χ2n) is 5.27. The first-order valence-corrected chi connectivity index (χ1v) is 7.79. The Bertz CT molecular complexity index is 710. The van der Waals surface area contributed by atoms with E-state index in [0.717, 1.165) is 17.7 Å². The number of hydrogen-bond donors (Lipinski definition) is 1. The lowest BCUT2D eigenvalue weighted by molar-refractivity contribution is -0.147. The Morgan fingerprint density at radius 2 is 1.75 bits per heavy atom. The minimum atomic E-state index is -0.703. The third-order valence-electron chi connectivity index (χ3n) is 3.61. The van der Waals surface area contributed by atoms with Crippen LogP contribution in [0.2, 0.25) is 0 Å². The molecule has 0 saturated carbocycles. The fourth-order valence-corrected chi connectivity index (χ4v) is 2.25. The molecular weight excluding hydrogens is 306 g/mol. The van der Waals surface area contributed by atoms with Crippen LogP contribution in [0.3, 0.4) is 0 Å². The molecule has 2 aromatic carbocycles. The molecule has 0 unspecified atom stereocenters. The maximum atomic E-state index is 12.3. The van der Waals surface area contributed by atoms with Crippen molar-refractivity contribution in [2.24, 2.45) is 0 Å². The number of benzene rings is 2. The number of hydrogen-bond acceptors (Lipinski definition) is 4. The highest BCUT2D eigenvalue weighted by molar-refractivity contribution is 6.04. The Balaban J connectivity index is 2.05. The van der Waals surface area contributed by atoms with Gasteiger partial charge in [0.25, 0.3) is 5.91 Å². The van der Waals surface area contributed by atoms with E-state index in [1.807, 2.05) is 31.2 Å². The molecule has 0 bridgehead atoms. The largest absolute Gasteiger partial charge is 0.479 e. The molecule has 0 radical (unpaired) electrons. The summed E-state index contributed by atoms with van der Waals surface area (Å²) in [6, 6.07) is 14.3. The van der Waals surface area contributed by atoms with Crippen molar-refractivity contribution >= 4 is 17.6 Å².